The molecule has 2 aromatic carbocycles. The van der Waals surface area contributed by atoms with Gasteiger partial charge in [-0.2, -0.15) is 0 Å². The number of halogens is 1. The van der Waals surface area contributed by atoms with Gasteiger partial charge in [-0.15, -0.1) is 0 Å². The predicted octanol–water partition coefficient (Wildman–Crippen LogP) is 6.36. The van der Waals surface area contributed by atoms with Crippen molar-refractivity contribution in [1.29, 1.82) is 0 Å². The summed E-state index contributed by atoms with van der Waals surface area (Å²) in [6, 6.07) is 17.5. The summed E-state index contributed by atoms with van der Waals surface area (Å²) >= 11 is 3.43. The average molecular weight is 558 g/mol. The first kappa shape index (κ1) is 23.5. The highest BCUT2D eigenvalue weighted by Gasteiger charge is 2.45. The van der Waals surface area contributed by atoms with Crippen LogP contribution in [0.3, 0.4) is 0 Å². The molecule has 2 aliphatic rings. The van der Waals surface area contributed by atoms with Crippen LogP contribution in [0.15, 0.2) is 93.3 Å². The maximum atomic E-state index is 13.8. The van der Waals surface area contributed by atoms with E-state index in [-0.39, 0.29) is 11.3 Å². The Hall–Kier alpha value is -3.91. The van der Waals surface area contributed by atoms with Crippen molar-refractivity contribution in [3.8, 4) is 0 Å². The number of aromatic nitrogens is 1. The molecule has 0 radical (unpaired) electrons. The number of piperidine rings is 1. The monoisotopic (exact) mass is 557 g/mol. The van der Waals surface area contributed by atoms with Gasteiger partial charge in [0.2, 0.25) is 5.78 Å². The number of carbonyl (C=O) groups is 2. The lowest BCUT2D eigenvalue weighted by atomic mass is 9.95. The summed E-state index contributed by atoms with van der Waals surface area (Å²) in [6.45, 7) is 2.02. The van der Waals surface area contributed by atoms with Crippen molar-refractivity contribution >= 4 is 50.0 Å². The number of rotatable bonds is 5. The molecule has 0 saturated carbocycles. The number of anilines is 2. The first-order valence-corrected chi connectivity index (χ1v) is 13.1. The number of furan rings is 1. The van der Waals surface area contributed by atoms with Gasteiger partial charge < -0.3 is 14.4 Å². The summed E-state index contributed by atoms with van der Waals surface area (Å²) < 4.78 is 6.68. The summed E-state index contributed by atoms with van der Waals surface area (Å²) in [5, 5.41) is 11.8. The number of Topliss-reactive ketones (excluding diaryl/α,β-unsaturated/α-hetero) is 1. The second-order valence-corrected chi connectivity index (χ2v) is 10.2. The number of carbonyl (C=O) groups excluding carboxylic acids is 2. The topological polar surface area (TPSA) is 86.9 Å². The Balaban J connectivity index is 1.40. The van der Waals surface area contributed by atoms with Crippen molar-refractivity contribution in [1.82, 2.24) is 4.98 Å². The van der Waals surface area contributed by atoms with Crippen molar-refractivity contribution in [2.24, 2.45) is 0 Å². The molecule has 4 aromatic rings. The zero-order valence-corrected chi connectivity index (χ0v) is 21.5. The number of pyridine rings is 1. The predicted molar refractivity (Wildman–Crippen MR) is 145 cm³/mol. The van der Waals surface area contributed by atoms with Gasteiger partial charge in [-0.05, 0) is 85.5 Å². The van der Waals surface area contributed by atoms with Crippen molar-refractivity contribution in [3.63, 3.8) is 0 Å². The van der Waals surface area contributed by atoms with Crippen LogP contribution in [0.4, 0.5) is 11.4 Å². The number of aliphatic hydroxyl groups is 1. The molecule has 1 fully saturated rings. The maximum absolute atomic E-state index is 13.8. The van der Waals surface area contributed by atoms with E-state index in [1.807, 2.05) is 36.4 Å². The van der Waals surface area contributed by atoms with Gasteiger partial charge in [0.25, 0.3) is 5.91 Å². The number of benzene rings is 2. The molecule has 1 atom stereocenters. The lowest BCUT2D eigenvalue weighted by molar-refractivity contribution is -0.117. The fourth-order valence-corrected chi connectivity index (χ4v) is 5.58. The molecule has 6 rings (SSSR count). The zero-order chi connectivity index (χ0) is 25.5. The number of ketones is 1. The molecule has 186 valence electrons. The third-order valence-electron chi connectivity index (χ3n) is 7.03. The van der Waals surface area contributed by atoms with Crippen LogP contribution < -0.4 is 9.80 Å². The van der Waals surface area contributed by atoms with Crippen LogP contribution >= 0.6 is 15.9 Å². The molecule has 1 N–H and O–H groups in total. The minimum Gasteiger partial charge on any atom is -0.503 e. The molecule has 8 heteroatoms. The van der Waals surface area contributed by atoms with E-state index in [1.54, 1.807) is 36.7 Å². The van der Waals surface area contributed by atoms with Gasteiger partial charge >= 0.3 is 0 Å². The molecule has 0 aliphatic carbocycles. The largest absolute Gasteiger partial charge is 0.503 e. The molecule has 1 saturated heterocycles. The number of hydrogen-bond donors (Lipinski definition) is 1. The Bertz CT molecular complexity index is 1520. The molecular weight excluding hydrogens is 534 g/mol. The molecule has 0 bridgehead atoms. The van der Waals surface area contributed by atoms with Crippen molar-refractivity contribution in [2.45, 2.75) is 25.3 Å². The van der Waals surface area contributed by atoms with Crippen molar-refractivity contribution in [3.05, 3.63) is 100 Å². The molecular formula is C29H24BrN3O4. The first-order chi connectivity index (χ1) is 18.0. The van der Waals surface area contributed by atoms with E-state index in [0.29, 0.717) is 16.8 Å². The van der Waals surface area contributed by atoms with Crippen molar-refractivity contribution < 1.29 is 19.1 Å². The summed E-state index contributed by atoms with van der Waals surface area (Å²) in [6.07, 6.45) is 6.78. The quantitative estimate of drug-likeness (QED) is 0.287. The Labute approximate surface area is 222 Å². The second-order valence-electron chi connectivity index (χ2n) is 9.31. The van der Waals surface area contributed by atoms with Gasteiger partial charge in [0.15, 0.2) is 11.5 Å². The number of hydrogen-bond acceptors (Lipinski definition) is 6. The summed E-state index contributed by atoms with van der Waals surface area (Å²) in [4.78, 5) is 35.1. The molecule has 2 aromatic heterocycles. The Morgan fingerprint density at radius 2 is 1.65 bits per heavy atom. The fourth-order valence-electron chi connectivity index (χ4n) is 5.20. The second kappa shape index (κ2) is 9.52. The maximum Gasteiger partial charge on any atom is 0.294 e. The van der Waals surface area contributed by atoms with Crippen LogP contribution in [-0.4, -0.2) is 34.9 Å². The van der Waals surface area contributed by atoms with Gasteiger partial charge in [0.1, 0.15) is 5.58 Å². The third-order valence-corrected chi connectivity index (χ3v) is 7.52. The van der Waals surface area contributed by atoms with Gasteiger partial charge in [0.05, 0.1) is 11.6 Å². The lowest BCUT2D eigenvalue weighted by Gasteiger charge is -2.30. The van der Waals surface area contributed by atoms with E-state index < -0.39 is 23.5 Å². The van der Waals surface area contributed by atoms with Crippen LogP contribution in [-0.2, 0) is 4.79 Å². The number of amides is 1. The van der Waals surface area contributed by atoms with E-state index in [9.17, 15) is 14.7 Å². The van der Waals surface area contributed by atoms with E-state index in [0.717, 1.165) is 28.6 Å². The summed E-state index contributed by atoms with van der Waals surface area (Å²) in [5.74, 6) is -1.68. The fraction of sp³-hybridized carbons (Fsp3) is 0.207. The van der Waals surface area contributed by atoms with E-state index in [1.165, 1.54) is 24.2 Å². The van der Waals surface area contributed by atoms with Gasteiger partial charge in [-0.1, -0.05) is 15.9 Å². The highest BCUT2D eigenvalue weighted by molar-refractivity contribution is 9.10. The molecule has 2 aliphatic heterocycles. The molecule has 1 amide bonds. The SMILES string of the molecule is O=C(C1=C(O)C(=O)N(c2ccc(N3CCCCC3)cc2)C1c1ccncc1)c1cc2cc(Br)ccc2o1. The number of fused-ring (bicyclic) bond motifs is 1. The van der Waals surface area contributed by atoms with Crippen LogP contribution in [0.25, 0.3) is 11.0 Å². The standard InChI is InChI=1S/C29H24BrN3O4/c30-20-4-9-23-19(16-20)17-24(37-23)27(34)25-26(18-10-12-31-13-11-18)33(29(36)28(25)35)22-7-5-21(6-8-22)32-14-2-1-3-15-32/h4-13,16-17,26,35H,1-3,14-15H2. The van der Waals surface area contributed by atoms with Gasteiger partial charge in [-0.3, -0.25) is 19.5 Å². The normalized spacial score (nSPS) is 18.2. The van der Waals surface area contributed by atoms with E-state index in [4.69, 9.17) is 4.42 Å². The number of aliphatic hydroxyl groups excluding tert-OH is 1. The number of nitrogens with zero attached hydrogens (tertiary/aromatic N) is 3. The molecule has 4 heterocycles. The van der Waals surface area contributed by atoms with Crippen LogP contribution in [0.2, 0.25) is 0 Å². The highest BCUT2D eigenvalue weighted by Crippen LogP contribution is 2.42. The average Bonchev–Trinajstić information content (AvgIpc) is 3.47. The molecule has 7 nitrogen and oxygen atoms in total. The van der Waals surface area contributed by atoms with Gasteiger partial charge in [0, 0.05) is 46.7 Å². The van der Waals surface area contributed by atoms with Gasteiger partial charge in [-0.25, -0.2) is 0 Å². The highest BCUT2D eigenvalue weighted by atomic mass is 79.9. The lowest BCUT2D eigenvalue weighted by Crippen LogP contribution is -2.31. The Kier molecular flexibility index (Phi) is 6.04. The van der Waals surface area contributed by atoms with Crippen LogP contribution in [0.1, 0.15) is 41.4 Å². The molecule has 0 spiro atoms. The first-order valence-electron chi connectivity index (χ1n) is 12.3. The third kappa shape index (κ3) is 4.21. The minimum absolute atomic E-state index is 0.0190. The zero-order valence-electron chi connectivity index (χ0n) is 19.9. The van der Waals surface area contributed by atoms with E-state index in [2.05, 4.69) is 25.8 Å². The van der Waals surface area contributed by atoms with E-state index >= 15 is 0 Å². The van der Waals surface area contributed by atoms with Crippen molar-refractivity contribution in [2.75, 3.05) is 22.9 Å². The summed E-state index contributed by atoms with van der Waals surface area (Å²) in [5.41, 5.74) is 2.87. The summed E-state index contributed by atoms with van der Waals surface area (Å²) in [7, 11) is 0. The Morgan fingerprint density at radius 3 is 2.38 bits per heavy atom. The van der Waals surface area contributed by atoms with Crippen LogP contribution in [0, 0.1) is 0 Å². The molecule has 37 heavy (non-hydrogen) atoms. The minimum atomic E-state index is -0.830. The van der Waals surface area contributed by atoms with Crippen LogP contribution in [0.5, 0.6) is 0 Å². The Morgan fingerprint density at radius 1 is 0.946 bits per heavy atom. The smallest absolute Gasteiger partial charge is 0.294 e. The molecule has 1 unspecified atom stereocenters.